The predicted octanol–water partition coefficient (Wildman–Crippen LogP) is 1.96. The minimum absolute atomic E-state index is 0.0179. The molecule has 1 atom stereocenters. The molecule has 1 amide bonds. The molecule has 1 aliphatic heterocycles. The van der Waals surface area contributed by atoms with Crippen molar-refractivity contribution in [2.45, 2.75) is 12.8 Å². The van der Waals surface area contributed by atoms with Crippen LogP contribution in [0.1, 0.15) is 12.8 Å². The highest BCUT2D eigenvalue weighted by Gasteiger charge is 2.27. The summed E-state index contributed by atoms with van der Waals surface area (Å²) in [5.41, 5.74) is 2.20. The minimum Gasteiger partial charge on any atom is -0.507 e. The number of ether oxygens (including phenoxy) is 1. The molecule has 1 unspecified atom stereocenters. The van der Waals surface area contributed by atoms with Crippen LogP contribution in [0.2, 0.25) is 0 Å². The number of alkyl halides is 1. The molecule has 31 heavy (non-hydrogen) atoms. The molecule has 0 saturated carbocycles. The van der Waals surface area contributed by atoms with Crippen molar-refractivity contribution in [2.75, 3.05) is 36.2 Å². The fourth-order valence-corrected chi connectivity index (χ4v) is 4.31. The lowest BCUT2D eigenvalue weighted by molar-refractivity contribution is -0.134. The fraction of sp³-hybridized carbons (Fsp3) is 0.381. The molecule has 0 aliphatic carbocycles. The first-order chi connectivity index (χ1) is 15.1. The van der Waals surface area contributed by atoms with E-state index in [-0.39, 0.29) is 17.6 Å². The quantitative estimate of drug-likeness (QED) is 0.152. The Labute approximate surface area is 195 Å². The summed E-state index contributed by atoms with van der Waals surface area (Å²) in [4.78, 5) is 19.1. The zero-order valence-corrected chi connectivity index (χ0v) is 19.2. The molecule has 4 rings (SSSR count). The number of para-hydroxylation sites is 1. The number of phenolic OH excluding ortho intramolecular Hbond substituents is 1. The van der Waals surface area contributed by atoms with Crippen molar-refractivity contribution in [3.8, 4) is 17.0 Å². The molecule has 0 spiro atoms. The van der Waals surface area contributed by atoms with E-state index in [0.717, 1.165) is 18.7 Å². The highest BCUT2D eigenvalue weighted by atomic mass is 127. The van der Waals surface area contributed by atoms with E-state index in [4.69, 9.17) is 12.6 Å². The predicted molar refractivity (Wildman–Crippen MR) is 128 cm³/mol. The molecular weight excluding hydrogens is 508 g/mol. The van der Waals surface area contributed by atoms with Crippen LogP contribution in [0, 0.1) is 5.92 Å². The summed E-state index contributed by atoms with van der Waals surface area (Å²) in [5.74, 6) is 1.02. The number of nitrogens with one attached hydrogen (secondary N) is 1. The highest BCUT2D eigenvalue weighted by Crippen LogP contribution is 2.29. The van der Waals surface area contributed by atoms with Crippen LogP contribution in [-0.4, -0.2) is 69.2 Å². The lowest BCUT2D eigenvalue weighted by atomic mass is 10.0. The molecule has 1 aliphatic rings. The van der Waals surface area contributed by atoms with Gasteiger partial charge >= 0.3 is 0 Å². The second-order valence-corrected chi connectivity index (χ2v) is 8.12. The van der Waals surface area contributed by atoms with E-state index in [2.05, 4.69) is 38.0 Å². The second-order valence-electron chi connectivity index (χ2n) is 7.44. The summed E-state index contributed by atoms with van der Waals surface area (Å²) in [6.45, 7) is 2.49. The first kappa shape index (κ1) is 21.9. The van der Waals surface area contributed by atoms with Crippen molar-refractivity contribution in [1.82, 2.24) is 19.5 Å². The summed E-state index contributed by atoms with van der Waals surface area (Å²) >= 11 is 2.23. The van der Waals surface area contributed by atoms with Crippen molar-refractivity contribution >= 4 is 53.3 Å². The Kier molecular flexibility index (Phi) is 6.96. The van der Waals surface area contributed by atoms with Crippen LogP contribution in [0.25, 0.3) is 16.9 Å². The van der Waals surface area contributed by atoms with E-state index in [9.17, 15) is 9.90 Å². The third-order valence-electron chi connectivity index (χ3n) is 5.32. The number of hydrogen-bond donors (Lipinski definition) is 2. The van der Waals surface area contributed by atoms with Crippen LogP contribution >= 0.6 is 22.6 Å². The van der Waals surface area contributed by atoms with Gasteiger partial charge in [-0.3, -0.25) is 4.79 Å². The third kappa shape index (κ3) is 4.79. The first-order valence-electron chi connectivity index (χ1n) is 10.2. The molecule has 1 saturated heterocycles. The SMILES string of the molecule is [B]c1cnn2c(NCCCN(CI)C(=O)C3CCOC3)cc(-c3ccccc3O)nc12. The number of amides is 1. The smallest absolute Gasteiger partial charge is 0.228 e. The van der Waals surface area contributed by atoms with Gasteiger partial charge in [-0.05, 0) is 30.4 Å². The molecule has 10 heteroatoms. The van der Waals surface area contributed by atoms with Gasteiger partial charge in [0.05, 0.1) is 22.8 Å². The van der Waals surface area contributed by atoms with Crippen molar-refractivity contribution < 1.29 is 14.6 Å². The zero-order valence-electron chi connectivity index (χ0n) is 17.0. The van der Waals surface area contributed by atoms with Gasteiger partial charge in [-0.2, -0.15) is 9.61 Å². The highest BCUT2D eigenvalue weighted by molar-refractivity contribution is 14.1. The summed E-state index contributed by atoms with van der Waals surface area (Å²) in [5, 5.41) is 17.9. The number of hydrogen-bond acceptors (Lipinski definition) is 6. The molecule has 2 N–H and O–H groups in total. The van der Waals surface area contributed by atoms with E-state index < -0.39 is 0 Å². The zero-order chi connectivity index (χ0) is 21.8. The monoisotopic (exact) mass is 531 g/mol. The van der Waals surface area contributed by atoms with Gasteiger partial charge in [-0.15, -0.1) is 0 Å². The van der Waals surface area contributed by atoms with E-state index in [1.807, 2.05) is 17.0 Å². The molecule has 1 fully saturated rings. The molecule has 2 radical (unpaired) electrons. The number of benzene rings is 1. The second kappa shape index (κ2) is 9.86. The summed E-state index contributed by atoms with van der Waals surface area (Å²) in [7, 11) is 6.04. The van der Waals surface area contributed by atoms with Gasteiger partial charge < -0.3 is 20.1 Å². The van der Waals surface area contributed by atoms with E-state index in [1.54, 1.807) is 28.9 Å². The Morgan fingerprint density at radius 2 is 2.26 bits per heavy atom. The topological polar surface area (TPSA) is 92.0 Å². The molecule has 1 aromatic carbocycles. The van der Waals surface area contributed by atoms with Gasteiger partial charge in [0.25, 0.3) is 0 Å². The normalized spacial score (nSPS) is 16.0. The number of halogens is 1. The maximum absolute atomic E-state index is 12.6. The molecule has 8 nitrogen and oxygen atoms in total. The van der Waals surface area contributed by atoms with Gasteiger partial charge in [-0.1, -0.05) is 34.7 Å². The van der Waals surface area contributed by atoms with E-state index in [1.165, 1.54) is 0 Å². The van der Waals surface area contributed by atoms with Gasteiger partial charge in [0, 0.05) is 37.5 Å². The molecule has 2 aromatic heterocycles. The Morgan fingerprint density at radius 3 is 3.00 bits per heavy atom. The van der Waals surface area contributed by atoms with Crippen molar-refractivity contribution in [1.29, 1.82) is 0 Å². The average molecular weight is 531 g/mol. The minimum atomic E-state index is -0.0179. The van der Waals surface area contributed by atoms with Crippen LogP contribution in [0.5, 0.6) is 5.75 Å². The Balaban J connectivity index is 1.46. The lowest BCUT2D eigenvalue weighted by Gasteiger charge is -2.23. The summed E-state index contributed by atoms with van der Waals surface area (Å²) < 4.78 is 7.65. The number of anilines is 1. The van der Waals surface area contributed by atoms with Crippen molar-refractivity contribution in [3.63, 3.8) is 0 Å². The number of phenols is 1. The van der Waals surface area contributed by atoms with E-state index in [0.29, 0.717) is 53.2 Å². The largest absolute Gasteiger partial charge is 0.507 e. The standard InChI is InChI=1S/C21H23BIN5O3/c22-16-11-25-28-19(10-17(26-20(16)28)15-4-1-2-5-18(15)29)24-7-3-8-27(13-23)21(30)14-6-9-31-12-14/h1-2,4-5,10-11,14,24,29H,3,6-9,12-13H2. The Morgan fingerprint density at radius 1 is 1.42 bits per heavy atom. The number of carbonyl (C=O) groups is 1. The van der Waals surface area contributed by atoms with Crippen LogP contribution < -0.4 is 10.8 Å². The lowest BCUT2D eigenvalue weighted by Crippen LogP contribution is -2.36. The van der Waals surface area contributed by atoms with Crippen LogP contribution in [0.3, 0.4) is 0 Å². The maximum atomic E-state index is 12.6. The third-order valence-corrected chi connectivity index (χ3v) is 6.15. The van der Waals surface area contributed by atoms with Crippen molar-refractivity contribution in [3.05, 3.63) is 36.5 Å². The maximum Gasteiger partial charge on any atom is 0.228 e. The average Bonchev–Trinajstić information content (AvgIpc) is 3.44. The van der Waals surface area contributed by atoms with Gasteiger partial charge in [0.1, 0.15) is 19.4 Å². The Bertz CT molecular complexity index is 1070. The first-order valence-corrected chi connectivity index (χ1v) is 11.7. The van der Waals surface area contributed by atoms with Gasteiger partial charge in [-0.25, -0.2) is 4.98 Å². The number of aromatic hydroxyl groups is 1. The summed E-state index contributed by atoms with van der Waals surface area (Å²) in [6.07, 6.45) is 3.13. The van der Waals surface area contributed by atoms with Crippen LogP contribution in [-0.2, 0) is 9.53 Å². The fourth-order valence-electron chi connectivity index (χ4n) is 3.64. The number of nitrogens with zero attached hydrogens (tertiary/aromatic N) is 4. The Hall–Kier alpha value is -2.34. The molecule has 160 valence electrons. The number of aromatic nitrogens is 3. The van der Waals surface area contributed by atoms with Crippen molar-refractivity contribution in [2.24, 2.45) is 5.92 Å². The number of carbonyl (C=O) groups excluding carboxylic acids is 1. The van der Waals surface area contributed by atoms with Gasteiger partial charge in [0.15, 0.2) is 5.65 Å². The number of fused-ring (bicyclic) bond motifs is 1. The van der Waals surface area contributed by atoms with Crippen LogP contribution in [0.4, 0.5) is 5.82 Å². The number of rotatable bonds is 8. The van der Waals surface area contributed by atoms with E-state index >= 15 is 0 Å². The summed E-state index contributed by atoms with van der Waals surface area (Å²) in [6, 6.07) is 8.88. The van der Waals surface area contributed by atoms with Gasteiger partial charge in [0.2, 0.25) is 5.91 Å². The molecule has 3 heterocycles. The molecular formula is C21H23BIN5O3. The van der Waals surface area contributed by atoms with Crippen LogP contribution in [0.15, 0.2) is 36.5 Å². The molecule has 3 aromatic rings. The molecule has 0 bridgehead atoms.